The molecule has 1 saturated heterocycles. The van der Waals surface area contributed by atoms with E-state index in [1.165, 1.54) is 10.5 Å². The summed E-state index contributed by atoms with van der Waals surface area (Å²) in [6.07, 6.45) is 3.63. The van der Waals surface area contributed by atoms with Crippen molar-refractivity contribution in [3.8, 4) is 0 Å². The van der Waals surface area contributed by atoms with Crippen molar-refractivity contribution >= 4 is 28.4 Å². The van der Waals surface area contributed by atoms with Crippen LogP contribution in [0.1, 0.15) is 28.8 Å². The van der Waals surface area contributed by atoms with E-state index in [0.717, 1.165) is 25.0 Å². The lowest BCUT2D eigenvalue weighted by molar-refractivity contribution is -0.632. The average molecular weight is 368 g/mol. The zero-order valence-electron chi connectivity index (χ0n) is 15.4. The highest BCUT2D eigenvalue weighted by molar-refractivity contribution is 6.00. The van der Waals surface area contributed by atoms with Crippen molar-refractivity contribution in [1.29, 1.82) is 0 Å². The first-order valence-electron chi connectivity index (χ1n) is 8.97. The lowest BCUT2D eigenvalue weighted by atomic mass is 10.1. The third-order valence-corrected chi connectivity index (χ3v) is 5.07. The molecule has 0 bridgehead atoms. The van der Waals surface area contributed by atoms with Gasteiger partial charge in [-0.1, -0.05) is 11.1 Å². The predicted molar refractivity (Wildman–Crippen MR) is 101 cm³/mol. The molecule has 1 aliphatic heterocycles. The van der Waals surface area contributed by atoms with Crippen molar-refractivity contribution in [1.82, 2.24) is 14.7 Å². The first-order valence-corrected chi connectivity index (χ1v) is 8.97. The molecule has 1 fully saturated rings. The van der Waals surface area contributed by atoms with Gasteiger partial charge in [0.15, 0.2) is 0 Å². The summed E-state index contributed by atoms with van der Waals surface area (Å²) in [6.45, 7) is 3.04. The number of aryl methyl sites for hydroxylation is 2. The van der Waals surface area contributed by atoms with Crippen LogP contribution in [0.4, 0.5) is 5.82 Å². The number of aromatic nitrogens is 3. The molecule has 0 saturated carbocycles. The Morgan fingerprint density at radius 2 is 2.33 bits per heavy atom. The number of anilines is 1. The number of hydrogen-bond donors (Lipinski definition) is 2. The first-order chi connectivity index (χ1) is 13.0. The molecule has 27 heavy (non-hydrogen) atoms. The molecule has 1 atom stereocenters. The van der Waals surface area contributed by atoms with Gasteiger partial charge in [0.05, 0.1) is 13.2 Å². The topological polar surface area (TPSA) is 103 Å². The third kappa shape index (κ3) is 2.91. The minimum absolute atomic E-state index is 0.0311. The Balaban J connectivity index is 1.81. The highest BCUT2D eigenvalue weighted by Crippen LogP contribution is 2.16. The molecule has 0 aromatic carbocycles. The van der Waals surface area contributed by atoms with E-state index in [-0.39, 0.29) is 29.0 Å². The van der Waals surface area contributed by atoms with Crippen LogP contribution < -0.4 is 21.2 Å². The standard InChI is InChI=1S/C19H21N5O3/c1-11-5-3-7-24-16(11)22-17-14(19(24)26)9-13(15(20)23(17)2)18(25)21-10-12-6-4-8-27-12/h3,5,7,9,12,20H,4,6,8,10H2,1-2H3,(H,21,25)/p+1/t12-/m1/s1. The molecule has 0 spiro atoms. The van der Waals surface area contributed by atoms with Crippen molar-refractivity contribution in [2.75, 3.05) is 18.9 Å². The Kier molecular flexibility index (Phi) is 4.27. The Hall–Kier alpha value is -3.00. The van der Waals surface area contributed by atoms with Gasteiger partial charge in [-0.25, -0.2) is 4.57 Å². The summed E-state index contributed by atoms with van der Waals surface area (Å²) in [5.41, 5.74) is 8.11. The number of nitrogens with two attached hydrogens (primary N) is 1. The van der Waals surface area contributed by atoms with Gasteiger partial charge >= 0.3 is 0 Å². The number of amides is 1. The van der Waals surface area contributed by atoms with Crippen molar-refractivity contribution in [2.45, 2.75) is 25.9 Å². The summed E-state index contributed by atoms with van der Waals surface area (Å²) in [5, 5.41) is 3.20. The zero-order valence-corrected chi connectivity index (χ0v) is 15.4. The number of ether oxygens (including phenoxy) is 1. The van der Waals surface area contributed by atoms with Crippen molar-refractivity contribution in [3.05, 3.63) is 45.9 Å². The highest BCUT2D eigenvalue weighted by atomic mass is 16.5. The molecule has 3 aromatic rings. The molecule has 8 nitrogen and oxygen atoms in total. The van der Waals surface area contributed by atoms with Gasteiger partial charge in [0.2, 0.25) is 11.5 Å². The number of carbonyl (C=O) groups excluding carboxylic acids is 1. The fourth-order valence-electron chi connectivity index (χ4n) is 3.48. The maximum absolute atomic E-state index is 13.0. The lowest BCUT2D eigenvalue weighted by Crippen LogP contribution is -2.40. The third-order valence-electron chi connectivity index (χ3n) is 5.07. The second-order valence-electron chi connectivity index (χ2n) is 6.89. The van der Waals surface area contributed by atoms with E-state index in [0.29, 0.717) is 23.2 Å². The van der Waals surface area contributed by atoms with E-state index in [4.69, 9.17) is 10.5 Å². The smallest absolute Gasteiger partial charge is 0.278 e. The average Bonchev–Trinajstić information content (AvgIpc) is 3.18. The molecule has 1 amide bonds. The number of nitrogens with zero attached hydrogens (tertiary/aromatic N) is 3. The Labute approximate surface area is 155 Å². The van der Waals surface area contributed by atoms with Gasteiger partial charge < -0.3 is 15.8 Å². The van der Waals surface area contributed by atoms with Crippen LogP contribution in [0.25, 0.3) is 16.7 Å². The minimum atomic E-state index is -0.325. The molecule has 4 rings (SSSR count). The maximum atomic E-state index is 13.0. The van der Waals surface area contributed by atoms with Crippen LogP contribution in [0.15, 0.2) is 29.2 Å². The zero-order chi connectivity index (χ0) is 19.1. The number of rotatable bonds is 3. The summed E-state index contributed by atoms with van der Waals surface area (Å²) in [4.78, 5) is 30.2. The van der Waals surface area contributed by atoms with Crippen molar-refractivity contribution in [2.24, 2.45) is 7.05 Å². The van der Waals surface area contributed by atoms with Crippen LogP contribution in [0.2, 0.25) is 0 Å². The minimum Gasteiger partial charge on any atom is -0.376 e. The molecule has 3 N–H and O–H groups in total. The molecular weight excluding hydrogens is 346 g/mol. The molecular formula is C19H22N5O3+. The fraction of sp³-hybridized carbons (Fsp3) is 0.368. The SMILES string of the molecule is Cc1cccn2c(=O)c3cc(C(=O)NC[C@H]4CCCO4)c(N)[n+](C)c3nc12. The van der Waals surface area contributed by atoms with Gasteiger partial charge in [-0.2, -0.15) is 0 Å². The number of hydrogen-bond acceptors (Lipinski definition) is 5. The summed E-state index contributed by atoms with van der Waals surface area (Å²) >= 11 is 0. The van der Waals surface area contributed by atoms with Crippen LogP contribution in [0.5, 0.6) is 0 Å². The summed E-state index contributed by atoms with van der Waals surface area (Å²) in [6, 6.07) is 5.22. The molecule has 1 aliphatic rings. The van der Waals surface area contributed by atoms with Gasteiger partial charge in [0.1, 0.15) is 10.9 Å². The Morgan fingerprint density at radius 1 is 1.52 bits per heavy atom. The van der Waals surface area contributed by atoms with E-state index >= 15 is 0 Å². The number of nitrogens with one attached hydrogen (secondary N) is 1. The van der Waals surface area contributed by atoms with Crippen LogP contribution in [-0.2, 0) is 11.8 Å². The van der Waals surface area contributed by atoms with Crippen LogP contribution in [0.3, 0.4) is 0 Å². The second kappa shape index (κ2) is 6.62. The number of carbonyl (C=O) groups is 1. The maximum Gasteiger partial charge on any atom is 0.278 e. The second-order valence-corrected chi connectivity index (χ2v) is 6.89. The Morgan fingerprint density at radius 3 is 3.07 bits per heavy atom. The number of nitrogen functional groups attached to an aromatic ring is 1. The summed E-state index contributed by atoms with van der Waals surface area (Å²) in [7, 11) is 1.70. The molecule has 0 aliphatic carbocycles. The Bertz CT molecular complexity index is 1120. The molecule has 8 heteroatoms. The number of pyridine rings is 2. The van der Waals surface area contributed by atoms with Gasteiger partial charge in [-0.3, -0.25) is 14.0 Å². The highest BCUT2D eigenvalue weighted by Gasteiger charge is 2.24. The van der Waals surface area contributed by atoms with E-state index in [9.17, 15) is 9.59 Å². The van der Waals surface area contributed by atoms with Crippen LogP contribution in [-0.4, -0.2) is 34.5 Å². The van der Waals surface area contributed by atoms with Crippen molar-refractivity contribution < 1.29 is 14.1 Å². The molecule has 0 unspecified atom stereocenters. The van der Waals surface area contributed by atoms with Gasteiger partial charge in [-0.05, 0) is 31.9 Å². The quantitative estimate of drug-likeness (QED) is 0.517. The first kappa shape index (κ1) is 17.4. The fourth-order valence-corrected chi connectivity index (χ4v) is 3.48. The normalized spacial score (nSPS) is 16.9. The van der Waals surface area contributed by atoms with Crippen LogP contribution in [0, 0.1) is 6.92 Å². The number of fused-ring (bicyclic) bond motifs is 2. The van der Waals surface area contributed by atoms with E-state index in [2.05, 4.69) is 10.3 Å². The molecule has 4 heterocycles. The lowest BCUT2D eigenvalue weighted by Gasteiger charge is -2.12. The van der Waals surface area contributed by atoms with E-state index in [1.807, 2.05) is 13.0 Å². The van der Waals surface area contributed by atoms with Crippen molar-refractivity contribution in [3.63, 3.8) is 0 Å². The predicted octanol–water partition coefficient (Wildman–Crippen LogP) is 0.472. The van der Waals surface area contributed by atoms with Crippen LogP contribution >= 0.6 is 0 Å². The van der Waals surface area contributed by atoms with E-state index in [1.54, 1.807) is 23.9 Å². The largest absolute Gasteiger partial charge is 0.376 e. The molecule has 0 radical (unpaired) electrons. The monoisotopic (exact) mass is 368 g/mol. The summed E-state index contributed by atoms with van der Waals surface area (Å²) < 4.78 is 8.60. The van der Waals surface area contributed by atoms with E-state index < -0.39 is 0 Å². The molecule has 3 aromatic heterocycles. The summed E-state index contributed by atoms with van der Waals surface area (Å²) in [5.74, 6) is -0.0635. The van der Waals surface area contributed by atoms with Gasteiger partial charge in [0.25, 0.3) is 17.1 Å². The van der Waals surface area contributed by atoms with Gasteiger partial charge in [0, 0.05) is 24.9 Å². The van der Waals surface area contributed by atoms with Gasteiger partial charge in [-0.15, -0.1) is 0 Å². The molecule has 140 valence electrons.